The quantitative estimate of drug-likeness (QED) is 0.299. The highest BCUT2D eigenvalue weighted by Crippen LogP contribution is 2.33. The van der Waals surface area contributed by atoms with Crippen molar-refractivity contribution in [3.63, 3.8) is 0 Å². The number of benzene rings is 3. The van der Waals surface area contributed by atoms with Gasteiger partial charge in [0.25, 0.3) is 5.91 Å². The SMILES string of the molecule is Cc1ccccc1CSc1nnc(C(C)NC(=O)c2ccc3c(c2)OCO3)n1-c1cc(Cl)ccc1C. The molecule has 0 aliphatic carbocycles. The van der Waals surface area contributed by atoms with Gasteiger partial charge >= 0.3 is 0 Å². The summed E-state index contributed by atoms with van der Waals surface area (Å²) >= 11 is 7.96. The Morgan fingerprint density at radius 2 is 1.86 bits per heavy atom. The second kappa shape index (κ2) is 10.2. The molecule has 1 atom stereocenters. The number of nitrogens with one attached hydrogen (secondary N) is 1. The van der Waals surface area contributed by atoms with E-state index in [2.05, 4.69) is 34.6 Å². The van der Waals surface area contributed by atoms with E-state index in [0.29, 0.717) is 27.9 Å². The van der Waals surface area contributed by atoms with Gasteiger partial charge in [0, 0.05) is 16.3 Å². The van der Waals surface area contributed by atoms with Crippen LogP contribution in [0.15, 0.2) is 65.8 Å². The molecule has 5 rings (SSSR count). The molecule has 184 valence electrons. The molecule has 9 heteroatoms. The highest BCUT2D eigenvalue weighted by atomic mass is 35.5. The Morgan fingerprint density at radius 3 is 2.69 bits per heavy atom. The Labute approximate surface area is 218 Å². The second-order valence-electron chi connectivity index (χ2n) is 8.59. The number of aromatic nitrogens is 3. The largest absolute Gasteiger partial charge is 0.454 e. The molecule has 1 N–H and O–H groups in total. The van der Waals surface area contributed by atoms with Crippen molar-refractivity contribution in [2.75, 3.05) is 6.79 Å². The van der Waals surface area contributed by atoms with Crippen molar-refractivity contribution < 1.29 is 14.3 Å². The topological polar surface area (TPSA) is 78.3 Å². The summed E-state index contributed by atoms with van der Waals surface area (Å²) in [5.41, 5.74) is 4.82. The summed E-state index contributed by atoms with van der Waals surface area (Å²) in [6.07, 6.45) is 0. The summed E-state index contributed by atoms with van der Waals surface area (Å²) in [5.74, 6) is 2.30. The molecule has 0 saturated carbocycles. The molecule has 2 heterocycles. The lowest BCUT2D eigenvalue weighted by Crippen LogP contribution is -2.28. The highest BCUT2D eigenvalue weighted by molar-refractivity contribution is 7.98. The summed E-state index contributed by atoms with van der Waals surface area (Å²) in [6, 6.07) is 18.7. The van der Waals surface area contributed by atoms with Crippen molar-refractivity contribution in [2.45, 2.75) is 37.7 Å². The molecule has 1 aromatic heterocycles. The van der Waals surface area contributed by atoms with Crippen LogP contribution >= 0.6 is 23.4 Å². The Bertz CT molecular complexity index is 1440. The van der Waals surface area contributed by atoms with Gasteiger partial charge in [0.1, 0.15) is 0 Å². The molecule has 0 bridgehead atoms. The highest BCUT2D eigenvalue weighted by Gasteiger charge is 2.24. The molecule has 0 fully saturated rings. The lowest BCUT2D eigenvalue weighted by atomic mass is 10.1. The molecule has 0 saturated heterocycles. The van der Waals surface area contributed by atoms with Gasteiger partial charge in [-0.15, -0.1) is 10.2 Å². The fourth-order valence-corrected chi connectivity index (χ4v) is 5.20. The van der Waals surface area contributed by atoms with E-state index in [9.17, 15) is 4.79 Å². The predicted octanol–water partition coefficient (Wildman–Crippen LogP) is 6.05. The van der Waals surface area contributed by atoms with Gasteiger partial charge in [-0.2, -0.15) is 0 Å². The lowest BCUT2D eigenvalue weighted by Gasteiger charge is -2.18. The van der Waals surface area contributed by atoms with Crippen LogP contribution in [0.1, 0.15) is 45.8 Å². The number of carbonyl (C=O) groups excluding carboxylic acids is 1. The first-order chi connectivity index (χ1) is 17.4. The van der Waals surface area contributed by atoms with Crippen LogP contribution in [0.4, 0.5) is 0 Å². The van der Waals surface area contributed by atoms with Gasteiger partial charge in [-0.25, -0.2) is 0 Å². The van der Waals surface area contributed by atoms with Crippen LogP contribution in [0.25, 0.3) is 5.69 Å². The number of hydrogen-bond acceptors (Lipinski definition) is 6. The van der Waals surface area contributed by atoms with E-state index >= 15 is 0 Å². The predicted molar refractivity (Wildman–Crippen MR) is 140 cm³/mol. The molecule has 7 nitrogen and oxygen atoms in total. The van der Waals surface area contributed by atoms with Gasteiger partial charge in [0.15, 0.2) is 22.5 Å². The third-order valence-corrected chi connectivity index (χ3v) is 7.27. The van der Waals surface area contributed by atoms with Crippen molar-refractivity contribution >= 4 is 29.3 Å². The number of carbonyl (C=O) groups is 1. The maximum Gasteiger partial charge on any atom is 0.252 e. The van der Waals surface area contributed by atoms with E-state index < -0.39 is 6.04 Å². The number of rotatable bonds is 7. The van der Waals surface area contributed by atoms with E-state index in [4.69, 9.17) is 21.1 Å². The molecule has 1 aliphatic heterocycles. The normalized spacial score (nSPS) is 13.0. The molecule has 4 aromatic rings. The van der Waals surface area contributed by atoms with Crippen molar-refractivity contribution in [3.8, 4) is 17.2 Å². The number of fused-ring (bicyclic) bond motifs is 1. The summed E-state index contributed by atoms with van der Waals surface area (Å²) < 4.78 is 12.7. The summed E-state index contributed by atoms with van der Waals surface area (Å²) in [5, 5.41) is 13.4. The summed E-state index contributed by atoms with van der Waals surface area (Å²) in [7, 11) is 0. The summed E-state index contributed by atoms with van der Waals surface area (Å²) in [6.45, 7) is 6.16. The molecular weight excluding hydrogens is 496 g/mol. The monoisotopic (exact) mass is 520 g/mol. The van der Waals surface area contributed by atoms with Gasteiger partial charge in [-0.1, -0.05) is 53.7 Å². The van der Waals surface area contributed by atoms with Crippen molar-refractivity contribution in [1.29, 1.82) is 0 Å². The third-order valence-electron chi connectivity index (χ3n) is 6.06. The fraction of sp³-hybridized carbons (Fsp3) is 0.222. The standard InChI is InChI=1S/C27H25ClN4O3S/c1-16-6-4-5-7-20(16)14-36-27-31-30-25(32(27)22-13-21(28)10-8-17(22)2)18(3)29-26(33)19-9-11-23-24(12-19)35-15-34-23/h4-13,18H,14-15H2,1-3H3,(H,29,33). The second-order valence-corrected chi connectivity index (χ2v) is 9.96. The first kappa shape index (κ1) is 24.2. The third kappa shape index (κ3) is 4.92. The lowest BCUT2D eigenvalue weighted by molar-refractivity contribution is 0.0937. The number of amides is 1. The molecule has 1 unspecified atom stereocenters. The molecule has 0 radical (unpaired) electrons. The van der Waals surface area contributed by atoms with Crippen molar-refractivity contribution in [1.82, 2.24) is 20.1 Å². The summed E-state index contributed by atoms with van der Waals surface area (Å²) in [4.78, 5) is 13.1. The number of thioether (sulfide) groups is 1. The Morgan fingerprint density at radius 1 is 1.06 bits per heavy atom. The van der Waals surface area contributed by atoms with Crippen LogP contribution in [0.2, 0.25) is 5.02 Å². The van der Waals surface area contributed by atoms with E-state index in [1.54, 1.807) is 30.0 Å². The number of aryl methyl sites for hydroxylation is 2. The molecule has 36 heavy (non-hydrogen) atoms. The molecule has 1 aliphatic rings. The van der Waals surface area contributed by atoms with Gasteiger partial charge < -0.3 is 14.8 Å². The average molecular weight is 521 g/mol. The number of halogens is 1. The van der Waals surface area contributed by atoms with Crippen LogP contribution < -0.4 is 14.8 Å². The molecule has 1 amide bonds. The minimum absolute atomic E-state index is 0.155. The fourth-order valence-electron chi connectivity index (χ4n) is 4.00. The van der Waals surface area contributed by atoms with Gasteiger partial charge in [-0.3, -0.25) is 9.36 Å². The Kier molecular flexibility index (Phi) is 6.89. The van der Waals surface area contributed by atoms with Gasteiger partial charge in [0.2, 0.25) is 6.79 Å². The number of ether oxygens (including phenoxy) is 2. The van der Waals surface area contributed by atoms with Gasteiger partial charge in [0.05, 0.1) is 11.7 Å². The van der Waals surface area contributed by atoms with E-state index in [1.165, 1.54) is 11.1 Å². The number of nitrogens with zero attached hydrogens (tertiary/aromatic N) is 3. The molecule has 3 aromatic carbocycles. The van der Waals surface area contributed by atoms with Gasteiger partial charge in [-0.05, 0) is 67.8 Å². The molecule has 0 spiro atoms. The van der Waals surface area contributed by atoms with E-state index in [0.717, 1.165) is 22.2 Å². The average Bonchev–Trinajstić information content (AvgIpc) is 3.51. The zero-order chi connectivity index (χ0) is 25.2. The maximum absolute atomic E-state index is 13.1. The molecular formula is C27H25ClN4O3S. The van der Waals surface area contributed by atoms with Crippen LogP contribution in [0, 0.1) is 13.8 Å². The zero-order valence-electron chi connectivity index (χ0n) is 20.1. The van der Waals surface area contributed by atoms with Crippen LogP contribution in [0.5, 0.6) is 11.5 Å². The first-order valence-corrected chi connectivity index (χ1v) is 12.9. The Balaban J connectivity index is 1.45. The smallest absolute Gasteiger partial charge is 0.252 e. The van der Waals surface area contributed by atoms with Crippen LogP contribution in [-0.4, -0.2) is 27.5 Å². The van der Waals surface area contributed by atoms with Crippen LogP contribution in [-0.2, 0) is 5.75 Å². The zero-order valence-corrected chi connectivity index (χ0v) is 21.7. The Hall–Kier alpha value is -3.49. The minimum atomic E-state index is -0.429. The maximum atomic E-state index is 13.1. The van der Waals surface area contributed by atoms with Crippen LogP contribution in [0.3, 0.4) is 0 Å². The minimum Gasteiger partial charge on any atom is -0.454 e. The van der Waals surface area contributed by atoms with Crippen molar-refractivity contribution in [3.05, 3.63) is 93.8 Å². The first-order valence-electron chi connectivity index (χ1n) is 11.5. The number of hydrogen-bond donors (Lipinski definition) is 1. The van der Waals surface area contributed by atoms with E-state index in [-0.39, 0.29) is 12.7 Å². The van der Waals surface area contributed by atoms with E-state index in [1.807, 2.05) is 48.7 Å². The van der Waals surface area contributed by atoms with Crippen molar-refractivity contribution in [2.24, 2.45) is 0 Å².